The van der Waals surface area contributed by atoms with Crippen LogP contribution in [0.5, 0.6) is 0 Å². The Labute approximate surface area is 123 Å². The molecule has 0 saturated carbocycles. The fraction of sp³-hybridized carbons (Fsp3) is 0.500. The molecule has 2 aromatic rings. The van der Waals surface area contributed by atoms with Gasteiger partial charge in [0, 0.05) is 20.1 Å². The average molecular weight is 292 g/mol. The summed E-state index contributed by atoms with van der Waals surface area (Å²) in [4.78, 5) is 13.7. The highest BCUT2D eigenvalue weighted by molar-refractivity contribution is 7.00. The molecule has 2 amide bonds. The third-order valence-corrected chi connectivity index (χ3v) is 3.94. The van der Waals surface area contributed by atoms with E-state index in [1.165, 1.54) is 11.7 Å². The van der Waals surface area contributed by atoms with Crippen molar-refractivity contribution in [3.8, 4) is 0 Å². The lowest BCUT2D eigenvalue weighted by molar-refractivity contribution is 0.205. The zero-order chi connectivity index (χ0) is 14.5. The summed E-state index contributed by atoms with van der Waals surface area (Å²) < 4.78 is 8.38. The first-order valence-electron chi connectivity index (χ1n) is 6.80. The van der Waals surface area contributed by atoms with Crippen LogP contribution >= 0.6 is 11.7 Å². The number of fused-ring (bicyclic) bond motifs is 1. The Morgan fingerprint density at radius 1 is 1.40 bits per heavy atom. The number of benzene rings is 1. The molecule has 0 aliphatic rings. The standard InChI is InChI=1S/C14H20N4OS/c1-4-10(2)8-15-14(19)18(3)9-11-5-6-12-13(7-11)17-20-16-12/h5-7,10H,4,8-9H2,1-3H3,(H,15,19)/t10-/m0/s1. The van der Waals surface area contributed by atoms with Crippen molar-refractivity contribution in [1.82, 2.24) is 19.0 Å². The Hall–Kier alpha value is -1.69. The quantitative estimate of drug-likeness (QED) is 0.922. The van der Waals surface area contributed by atoms with Crippen LogP contribution in [-0.2, 0) is 6.54 Å². The number of rotatable bonds is 5. The van der Waals surface area contributed by atoms with E-state index in [9.17, 15) is 4.79 Å². The first-order valence-corrected chi connectivity index (χ1v) is 7.53. The molecule has 6 heteroatoms. The zero-order valence-corrected chi connectivity index (χ0v) is 12.9. The van der Waals surface area contributed by atoms with Gasteiger partial charge in [-0.15, -0.1) is 0 Å². The number of hydrogen-bond acceptors (Lipinski definition) is 4. The summed E-state index contributed by atoms with van der Waals surface area (Å²) in [5, 5.41) is 2.95. The van der Waals surface area contributed by atoms with Gasteiger partial charge in [-0.25, -0.2) is 4.79 Å². The Morgan fingerprint density at radius 2 is 2.15 bits per heavy atom. The van der Waals surface area contributed by atoms with Gasteiger partial charge in [0.15, 0.2) is 0 Å². The predicted octanol–water partition coefficient (Wildman–Crippen LogP) is 2.88. The highest BCUT2D eigenvalue weighted by Gasteiger charge is 2.10. The largest absolute Gasteiger partial charge is 0.338 e. The van der Waals surface area contributed by atoms with E-state index in [2.05, 4.69) is 27.9 Å². The molecule has 0 aliphatic heterocycles. The van der Waals surface area contributed by atoms with E-state index in [4.69, 9.17) is 0 Å². The Balaban J connectivity index is 1.92. The summed E-state index contributed by atoms with van der Waals surface area (Å²) in [6.45, 7) is 5.54. The molecule has 0 fully saturated rings. The van der Waals surface area contributed by atoms with Gasteiger partial charge in [0.25, 0.3) is 0 Å². The lowest BCUT2D eigenvalue weighted by Gasteiger charge is -2.19. The third kappa shape index (κ3) is 3.66. The molecule has 0 aliphatic carbocycles. The maximum atomic E-state index is 12.0. The first-order chi connectivity index (χ1) is 9.60. The van der Waals surface area contributed by atoms with Gasteiger partial charge >= 0.3 is 6.03 Å². The Morgan fingerprint density at radius 3 is 2.90 bits per heavy atom. The van der Waals surface area contributed by atoms with Gasteiger partial charge in [0.1, 0.15) is 11.0 Å². The molecule has 1 heterocycles. The molecule has 20 heavy (non-hydrogen) atoms. The molecule has 1 N–H and O–H groups in total. The summed E-state index contributed by atoms with van der Waals surface area (Å²) in [7, 11) is 1.80. The number of urea groups is 1. The summed E-state index contributed by atoms with van der Waals surface area (Å²) >= 11 is 1.21. The van der Waals surface area contributed by atoms with Gasteiger partial charge in [-0.1, -0.05) is 26.3 Å². The summed E-state index contributed by atoms with van der Waals surface area (Å²) in [6, 6.07) is 5.88. The van der Waals surface area contributed by atoms with Crippen molar-refractivity contribution >= 4 is 28.8 Å². The van der Waals surface area contributed by atoms with Crippen molar-refractivity contribution in [1.29, 1.82) is 0 Å². The molecule has 0 saturated heterocycles. The van der Waals surface area contributed by atoms with Crippen LogP contribution < -0.4 is 5.32 Å². The normalized spacial score (nSPS) is 12.3. The lowest BCUT2D eigenvalue weighted by atomic mass is 10.1. The van der Waals surface area contributed by atoms with Crippen LogP contribution in [-0.4, -0.2) is 33.3 Å². The molecular formula is C14H20N4OS. The van der Waals surface area contributed by atoms with Crippen molar-refractivity contribution in [3.63, 3.8) is 0 Å². The van der Waals surface area contributed by atoms with Crippen molar-refractivity contribution in [3.05, 3.63) is 23.8 Å². The molecular weight excluding hydrogens is 272 g/mol. The minimum atomic E-state index is -0.0400. The van der Waals surface area contributed by atoms with Gasteiger partial charge < -0.3 is 10.2 Å². The molecule has 5 nitrogen and oxygen atoms in total. The van der Waals surface area contributed by atoms with Gasteiger partial charge in [0.05, 0.1) is 11.7 Å². The molecule has 1 aromatic heterocycles. The van der Waals surface area contributed by atoms with Gasteiger partial charge in [-0.05, 0) is 23.6 Å². The summed E-state index contributed by atoms with van der Waals surface area (Å²) in [5.74, 6) is 0.504. The molecule has 1 aromatic carbocycles. The fourth-order valence-electron chi connectivity index (χ4n) is 1.81. The Bertz CT molecular complexity index is 583. The average Bonchev–Trinajstić information content (AvgIpc) is 2.91. The number of aromatic nitrogens is 2. The highest BCUT2D eigenvalue weighted by atomic mass is 32.1. The van der Waals surface area contributed by atoms with E-state index < -0.39 is 0 Å². The maximum Gasteiger partial charge on any atom is 0.317 e. The SMILES string of the molecule is CC[C@H](C)CNC(=O)N(C)Cc1ccc2nsnc2c1. The second-order valence-electron chi connectivity index (χ2n) is 5.14. The topological polar surface area (TPSA) is 58.1 Å². The van der Waals surface area contributed by atoms with Crippen LogP contribution in [0.15, 0.2) is 18.2 Å². The van der Waals surface area contributed by atoms with Crippen LogP contribution in [0, 0.1) is 5.92 Å². The summed E-state index contributed by atoms with van der Waals surface area (Å²) in [6.07, 6.45) is 1.07. The van der Waals surface area contributed by atoms with Crippen LogP contribution in [0.1, 0.15) is 25.8 Å². The molecule has 2 rings (SSSR count). The number of hydrogen-bond donors (Lipinski definition) is 1. The molecule has 0 bridgehead atoms. The predicted molar refractivity (Wildman–Crippen MR) is 81.7 cm³/mol. The second kappa shape index (κ2) is 6.65. The number of carbonyl (C=O) groups is 1. The molecule has 108 valence electrons. The third-order valence-electron chi connectivity index (χ3n) is 3.38. The Kier molecular flexibility index (Phi) is 4.89. The van der Waals surface area contributed by atoms with E-state index >= 15 is 0 Å². The monoisotopic (exact) mass is 292 g/mol. The molecule has 1 atom stereocenters. The van der Waals surface area contributed by atoms with Crippen molar-refractivity contribution < 1.29 is 4.79 Å². The van der Waals surface area contributed by atoms with Crippen LogP contribution in [0.25, 0.3) is 11.0 Å². The first kappa shape index (κ1) is 14.7. The van der Waals surface area contributed by atoms with Crippen LogP contribution in [0.2, 0.25) is 0 Å². The fourth-order valence-corrected chi connectivity index (χ4v) is 2.33. The van der Waals surface area contributed by atoms with E-state index in [1.807, 2.05) is 18.2 Å². The van der Waals surface area contributed by atoms with E-state index in [0.29, 0.717) is 19.0 Å². The minimum absolute atomic E-state index is 0.0400. The highest BCUT2D eigenvalue weighted by Crippen LogP contribution is 2.14. The smallest absolute Gasteiger partial charge is 0.317 e. The second-order valence-corrected chi connectivity index (χ2v) is 5.67. The lowest BCUT2D eigenvalue weighted by Crippen LogP contribution is -2.38. The molecule has 0 radical (unpaired) electrons. The van der Waals surface area contributed by atoms with Crippen molar-refractivity contribution in [2.24, 2.45) is 5.92 Å². The van der Waals surface area contributed by atoms with Crippen LogP contribution in [0.4, 0.5) is 4.79 Å². The number of nitrogens with one attached hydrogen (secondary N) is 1. The number of nitrogens with zero attached hydrogens (tertiary/aromatic N) is 3. The van der Waals surface area contributed by atoms with Gasteiger partial charge in [-0.3, -0.25) is 0 Å². The van der Waals surface area contributed by atoms with Crippen molar-refractivity contribution in [2.45, 2.75) is 26.8 Å². The van der Waals surface area contributed by atoms with Gasteiger partial charge in [-0.2, -0.15) is 8.75 Å². The number of carbonyl (C=O) groups excluding carboxylic acids is 1. The van der Waals surface area contributed by atoms with E-state index in [-0.39, 0.29) is 6.03 Å². The van der Waals surface area contributed by atoms with E-state index in [1.54, 1.807) is 11.9 Å². The molecule has 0 spiro atoms. The zero-order valence-electron chi connectivity index (χ0n) is 12.1. The minimum Gasteiger partial charge on any atom is -0.338 e. The molecule has 0 unspecified atom stereocenters. The number of amides is 2. The maximum absolute atomic E-state index is 12.0. The van der Waals surface area contributed by atoms with Crippen LogP contribution in [0.3, 0.4) is 0 Å². The van der Waals surface area contributed by atoms with E-state index in [0.717, 1.165) is 23.0 Å². The van der Waals surface area contributed by atoms with Gasteiger partial charge in [0.2, 0.25) is 0 Å². The van der Waals surface area contributed by atoms with Crippen molar-refractivity contribution in [2.75, 3.05) is 13.6 Å². The summed E-state index contributed by atoms with van der Waals surface area (Å²) in [5.41, 5.74) is 2.86.